The van der Waals surface area contributed by atoms with Gasteiger partial charge in [-0.1, -0.05) is 55.9 Å². The predicted octanol–water partition coefficient (Wildman–Crippen LogP) is 4.55. The van der Waals surface area contributed by atoms with Crippen molar-refractivity contribution in [2.75, 3.05) is 24.3 Å². The third-order valence-electron chi connectivity index (χ3n) is 6.82. The van der Waals surface area contributed by atoms with Crippen molar-refractivity contribution in [1.82, 2.24) is 9.55 Å². The van der Waals surface area contributed by atoms with Crippen LogP contribution in [0.5, 0.6) is 0 Å². The first-order chi connectivity index (χ1) is 16.4. The maximum Gasteiger partial charge on any atom is 0.262 e. The van der Waals surface area contributed by atoms with Gasteiger partial charge in [-0.05, 0) is 36.6 Å². The number of hydrogen-bond donors (Lipinski definition) is 0. The molecule has 3 heterocycles. The lowest BCUT2D eigenvalue weighted by molar-refractivity contribution is -0.112. The maximum atomic E-state index is 13.3. The number of ether oxygens (including phenoxy) is 1. The normalized spacial score (nSPS) is 20.3. The van der Waals surface area contributed by atoms with Crippen LogP contribution in [0.4, 0.5) is 5.69 Å². The van der Waals surface area contributed by atoms with Gasteiger partial charge in [0.05, 0.1) is 29.3 Å². The number of likely N-dealkylation sites (N-methyl/N-ethyl adjacent to an activating group) is 1. The van der Waals surface area contributed by atoms with Crippen molar-refractivity contribution < 1.29 is 9.53 Å². The maximum absolute atomic E-state index is 13.3. The molecule has 34 heavy (non-hydrogen) atoms. The highest BCUT2D eigenvalue weighted by atomic mass is 32.2. The molecule has 5 rings (SSSR count). The largest absolute Gasteiger partial charge is 0.376 e. The summed E-state index contributed by atoms with van der Waals surface area (Å²) in [5.41, 5.74) is 3.63. The van der Waals surface area contributed by atoms with Crippen LogP contribution < -0.4 is 10.5 Å². The molecule has 0 bridgehead atoms. The van der Waals surface area contributed by atoms with Crippen LogP contribution in [0.3, 0.4) is 0 Å². The van der Waals surface area contributed by atoms with Crippen LogP contribution in [-0.4, -0.2) is 40.8 Å². The first-order valence-electron chi connectivity index (χ1n) is 11.7. The summed E-state index contributed by atoms with van der Waals surface area (Å²) in [6.45, 7) is 5.47. The van der Waals surface area contributed by atoms with Crippen molar-refractivity contribution in [3.63, 3.8) is 0 Å². The number of benzene rings is 2. The number of ketones is 1. The molecule has 0 saturated carbocycles. The molecule has 0 radical (unpaired) electrons. The fourth-order valence-corrected chi connectivity index (χ4v) is 5.83. The van der Waals surface area contributed by atoms with E-state index in [0.29, 0.717) is 22.6 Å². The van der Waals surface area contributed by atoms with E-state index < -0.39 is 0 Å². The molecule has 0 spiro atoms. The van der Waals surface area contributed by atoms with E-state index in [1.807, 2.05) is 37.4 Å². The summed E-state index contributed by atoms with van der Waals surface area (Å²) in [4.78, 5) is 33.2. The van der Waals surface area contributed by atoms with Crippen molar-refractivity contribution in [3.05, 3.63) is 76.2 Å². The molecule has 1 aromatic heterocycles. The van der Waals surface area contributed by atoms with Crippen molar-refractivity contribution in [3.8, 4) is 0 Å². The zero-order chi connectivity index (χ0) is 23.9. The van der Waals surface area contributed by atoms with Crippen molar-refractivity contribution in [2.45, 2.75) is 49.9 Å². The van der Waals surface area contributed by atoms with Gasteiger partial charge in [0.15, 0.2) is 10.9 Å². The van der Waals surface area contributed by atoms with Gasteiger partial charge in [-0.15, -0.1) is 0 Å². The zero-order valence-corrected chi connectivity index (χ0v) is 20.6. The van der Waals surface area contributed by atoms with Crippen molar-refractivity contribution in [2.24, 2.45) is 0 Å². The van der Waals surface area contributed by atoms with Crippen molar-refractivity contribution in [1.29, 1.82) is 0 Å². The first kappa shape index (κ1) is 22.9. The van der Waals surface area contributed by atoms with Gasteiger partial charge in [0, 0.05) is 36.5 Å². The SMILES string of the molecule is CN1C(=CC(=O)CSc2nc3ccccc3c(=O)n2CC2CCCO2)C(C)(C)c2ccccc21. The summed E-state index contributed by atoms with van der Waals surface area (Å²) in [6.07, 6.45) is 3.68. The van der Waals surface area contributed by atoms with E-state index in [1.54, 1.807) is 16.7 Å². The second kappa shape index (κ2) is 9.04. The molecular formula is C27H29N3O3S. The second-order valence-electron chi connectivity index (χ2n) is 9.45. The van der Waals surface area contributed by atoms with Gasteiger partial charge in [-0.3, -0.25) is 14.2 Å². The van der Waals surface area contributed by atoms with E-state index in [2.05, 4.69) is 30.9 Å². The predicted molar refractivity (Wildman–Crippen MR) is 137 cm³/mol. The minimum atomic E-state index is -0.255. The van der Waals surface area contributed by atoms with E-state index in [-0.39, 0.29) is 28.6 Å². The van der Waals surface area contributed by atoms with E-state index in [4.69, 9.17) is 9.72 Å². The Morgan fingerprint density at radius 3 is 2.74 bits per heavy atom. The van der Waals surface area contributed by atoms with Gasteiger partial charge in [0.25, 0.3) is 5.56 Å². The lowest BCUT2D eigenvalue weighted by Crippen LogP contribution is -2.29. The third kappa shape index (κ3) is 4.07. The molecule has 2 aliphatic rings. The van der Waals surface area contributed by atoms with Crippen LogP contribution in [0.2, 0.25) is 0 Å². The summed E-state index contributed by atoms with van der Waals surface area (Å²) in [5.74, 6) is 0.207. The molecule has 3 aromatic rings. The molecule has 2 aromatic carbocycles. The molecular weight excluding hydrogens is 446 g/mol. The highest BCUT2D eigenvalue weighted by Crippen LogP contribution is 2.46. The van der Waals surface area contributed by atoms with Crippen LogP contribution in [0.1, 0.15) is 32.3 Å². The van der Waals surface area contributed by atoms with E-state index >= 15 is 0 Å². The average molecular weight is 476 g/mol. The average Bonchev–Trinajstić information content (AvgIpc) is 3.41. The smallest absolute Gasteiger partial charge is 0.262 e. The number of para-hydroxylation sites is 2. The summed E-state index contributed by atoms with van der Waals surface area (Å²) >= 11 is 1.32. The standard InChI is InChI=1S/C27H29N3O3S/c1-27(2)21-11-5-7-13-23(21)29(3)24(27)15-18(31)17-34-26-28-22-12-6-4-10-20(22)25(32)30(26)16-19-9-8-14-33-19/h4-7,10-13,15,19H,8-9,14,16-17H2,1-3H3. The van der Waals surface area contributed by atoms with E-state index in [0.717, 1.165) is 30.8 Å². The van der Waals surface area contributed by atoms with E-state index in [9.17, 15) is 9.59 Å². The second-order valence-corrected chi connectivity index (χ2v) is 10.4. The summed E-state index contributed by atoms with van der Waals surface area (Å²) < 4.78 is 7.47. The Bertz CT molecular complexity index is 1340. The highest BCUT2D eigenvalue weighted by Gasteiger charge is 2.38. The van der Waals surface area contributed by atoms with Gasteiger partial charge < -0.3 is 9.64 Å². The Kier molecular flexibility index (Phi) is 6.08. The fraction of sp³-hybridized carbons (Fsp3) is 0.370. The Hall–Kier alpha value is -2.90. The number of carbonyl (C=O) groups excluding carboxylic acids is 1. The number of nitrogens with zero attached hydrogens (tertiary/aromatic N) is 3. The first-order valence-corrected chi connectivity index (χ1v) is 12.7. The molecule has 0 aliphatic carbocycles. The fourth-order valence-electron chi connectivity index (χ4n) is 5.00. The molecule has 1 saturated heterocycles. The summed E-state index contributed by atoms with van der Waals surface area (Å²) in [7, 11) is 2.00. The Morgan fingerprint density at radius 1 is 1.21 bits per heavy atom. The molecule has 6 nitrogen and oxygen atoms in total. The lowest BCUT2D eigenvalue weighted by Gasteiger charge is -2.24. The van der Waals surface area contributed by atoms with E-state index in [1.165, 1.54) is 17.3 Å². The number of allylic oxidation sites excluding steroid dienone is 2. The molecule has 0 N–H and O–H groups in total. The van der Waals surface area contributed by atoms with Gasteiger partial charge >= 0.3 is 0 Å². The number of aromatic nitrogens is 2. The Morgan fingerprint density at radius 2 is 1.97 bits per heavy atom. The molecule has 0 amide bonds. The topological polar surface area (TPSA) is 64.4 Å². The van der Waals surface area contributed by atoms with Crippen molar-refractivity contribution >= 4 is 34.1 Å². The Labute approximate surface area is 203 Å². The molecule has 2 aliphatic heterocycles. The van der Waals surface area contributed by atoms with Gasteiger partial charge in [-0.2, -0.15) is 0 Å². The summed E-state index contributed by atoms with van der Waals surface area (Å²) in [5, 5.41) is 1.15. The van der Waals surface area contributed by atoms with Crippen LogP contribution in [-0.2, 0) is 21.5 Å². The molecule has 176 valence electrons. The van der Waals surface area contributed by atoms with Gasteiger partial charge in [0.2, 0.25) is 0 Å². The monoisotopic (exact) mass is 475 g/mol. The minimum absolute atomic E-state index is 0.00111. The van der Waals surface area contributed by atoms with Crippen LogP contribution >= 0.6 is 11.8 Å². The van der Waals surface area contributed by atoms with Crippen LogP contribution in [0.25, 0.3) is 10.9 Å². The lowest BCUT2D eigenvalue weighted by atomic mass is 9.83. The number of fused-ring (bicyclic) bond motifs is 2. The van der Waals surface area contributed by atoms with Gasteiger partial charge in [-0.25, -0.2) is 4.98 Å². The van der Waals surface area contributed by atoms with Gasteiger partial charge in [0.1, 0.15) is 0 Å². The Balaban J connectivity index is 1.41. The third-order valence-corrected chi connectivity index (χ3v) is 7.82. The summed E-state index contributed by atoms with van der Waals surface area (Å²) in [6, 6.07) is 15.6. The van der Waals surface area contributed by atoms with Crippen LogP contribution in [0.15, 0.2) is 70.3 Å². The van der Waals surface area contributed by atoms with Crippen LogP contribution in [0, 0.1) is 0 Å². The minimum Gasteiger partial charge on any atom is -0.376 e. The number of carbonyl (C=O) groups is 1. The quantitative estimate of drug-likeness (QED) is 0.296. The molecule has 1 fully saturated rings. The zero-order valence-electron chi connectivity index (χ0n) is 19.8. The number of rotatable bonds is 6. The molecule has 7 heteroatoms. The number of thioether (sulfide) groups is 1. The molecule has 1 unspecified atom stereocenters. The number of anilines is 1. The number of hydrogen-bond acceptors (Lipinski definition) is 6. The highest BCUT2D eigenvalue weighted by molar-refractivity contribution is 7.99. The molecule has 1 atom stereocenters.